The Kier molecular flexibility index (Phi) is 6.16. The standard InChI is InChI=1S/C34H22N8O3/c1-18-21(14-35)31-39-25-7-3-5-9-28(25)41(31)33(44)23(18)16-37-20-11-12-30(43)27(13-20)38-17-24-19(2)22(15-36)32-40-26-8-4-6-10-29(26)42(32)34(24)45/h3-13,16-17,37-38,43H,1-2H3. The quantitative estimate of drug-likeness (QED) is 0.207. The van der Waals surface area contributed by atoms with Crippen LogP contribution in [0.4, 0.5) is 11.4 Å². The summed E-state index contributed by atoms with van der Waals surface area (Å²) < 4.78 is 2.85. The van der Waals surface area contributed by atoms with Crippen LogP contribution in [-0.2, 0) is 0 Å². The molecule has 0 saturated carbocycles. The van der Waals surface area contributed by atoms with Gasteiger partial charge in [0.2, 0.25) is 0 Å². The number of fused-ring (bicyclic) bond motifs is 6. The number of nitrogens with zero attached hydrogens (tertiary/aromatic N) is 6. The first-order chi connectivity index (χ1) is 21.8. The summed E-state index contributed by atoms with van der Waals surface area (Å²) in [5.41, 5.74) is 4.60. The van der Waals surface area contributed by atoms with Crippen LogP contribution in [0.25, 0.3) is 45.8 Å². The van der Waals surface area contributed by atoms with E-state index < -0.39 is 0 Å². The number of pyridine rings is 2. The first-order valence-corrected chi connectivity index (χ1v) is 13.9. The molecule has 0 spiro atoms. The number of para-hydroxylation sites is 4. The van der Waals surface area contributed by atoms with Gasteiger partial charge >= 0.3 is 0 Å². The zero-order valence-corrected chi connectivity index (χ0v) is 24.0. The summed E-state index contributed by atoms with van der Waals surface area (Å²) in [4.78, 5) is 36.2. The Bertz CT molecular complexity index is 2710. The molecule has 0 radical (unpaired) electrons. The molecule has 216 valence electrons. The summed E-state index contributed by atoms with van der Waals surface area (Å²) in [5.74, 6) is -0.0877. The van der Waals surface area contributed by atoms with E-state index in [2.05, 4.69) is 32.7 Å². The van der Waals surface area contributed by atoms with Crippen molar-refractivity contribution in [1.29, 1.82) is 10.5 Å². The zero-order valence-electron chi connectivity index (χ0n) is 24.0. The molecule has 3 N–H and O–H groups in total. The molecular formula is C34H22N8O3. The SMILES string of the molecule is Cc1c(C#N)c2nc3ccccc3n2c(=O)c1=CNc1ccc(O)c(NC=c2c(C)c(C#N)c3nc4ccccc4n3c2=O)c1. The maximum atomic E-state index is 13.6. The van der Waals surface area contributed by atoms with Gasteiger partial charge in [-0.15, -0.1) is 0 Å². The predicted octanol–water partition coefficient (Wildman–Crippen LogP) is 3.21. The molecule has 45 heavy (non-hydrogen) atoms. The van der Waals surface area contributed by atoms with E-state index in [0.29, 0.717) is 50.1 Å². The van der Waals surface area contributed by atoms with E-state index in [0.717, 1.165) is 0 Å². The molecule has 0 aliphatic heterocycles. The molecule has 0 saturated heterocycles. The van der Waals surface area contributed by atoms with Crippen LogP contribution in [0.2, 0.25) is 0 Å². The lowest BCUT2D eigenvalue weighted by molar-refractivity contribution is 0.478. The molecule has 0 fully saturated rings. The van der Waals surface area contributed by atoms with Crippen LogP contribution < -0.4 is 32.2 Å². The fourth-order valence-electron chi connectivity index (χ4n) is 5.62. The number of aromatic nitrogens is 4. The minimum absolute atomic E-state index is 0.0877. The van der Waals surface area contributed by atoms with Crippen molar-refractivity contribution >= 4 is 57.1 Å². The van der Waals surface area contributed by atoms with Crippen molar-refractivity contribution in [3.05, 3.63) is 120 Å². The second kappa shape index (κ2) is 10.2. The topological polar surface area (TPSA) is 161 Å². The van der Waals surface area contributed by atoms with Gasteiger partial charge in [-0.3, -0.25) is 18.4 Å². The van der Waals surface area contributed by atoms with Crippen molar-refractivity contribution in [2.24, 2.45) is 0 Å². The first-order valence-electron chi connectivity index (χ1n) is 13.9. The third-order valence-electron chi connectivity index (χ3n) is 7.97. The number of benzene rings is 3. The van der Waals surface area contributed by atoms with E-state index in [-0.39, 0.29) is 44.2 Å². The summed E-state index contributed by atoms with van der Waals surface area (Å²) in [5, 5.41) is 37.0. The average Bonchev–Trinajstić information content (AvgIpc) is 3.62. The van der Waals surface area contributed by atoms with Crippen molar-refractivity contribution in [2.45, 2.75) is 13.8 Å². The molecule has 0 amide bonds. The molecule has 11 heteroatoms. The molecule has 4 aromatic heterocycles. The summed E-state index contributed by atoms with van der Waals surface area (Å²) in [7, 11) is 0. The van der Waals surface area contributed by atoms with E-state index in [1.165, 1.54) is 27.3 Å². The number of hydrogen-bond donors (Lipinski definition) is 3. The number of rotatable bonds is 4. The molecule has 0 aliphatic carbocycles. The van der Waals surface area contributed by atoms with Crippen LogP contribution in [0.3, 0.4) is 0 Å². The molecule has 11 nitrogen and oxygen atoms in total. The molecule has 0 bridgehead atoms. The third-order valence-corrected chi connectivity index (χ3v) is 7.97. The Morgan fingerprint density at radius 3 is 1.73 bits per heavy atom. The molecule has 0 atom stereocenters. The number of aromatic hydroxyl groups is 1. The fraction of sp³-hybridized carbons (Fsp3) is 0.0588. The maximum absolute atomic E-state index is 13.6. The summed E-state index contributed by atoms with van der Waals surface area (Å²) in [6.45, 7) is 3.38. The Balaban J connectivity index is 1.31. The largest absolute Gasteiger partial charge is 0.506 e. The Morgan fingerprint density at radius 2 is 1.22 bits per heavy atom. The van der Waals surface area contributed by atoms with Gasteiger partial charge in [0, 0.05) is 18.1 Å². The van der Waals surface area contributed by atoms with Gasteiger partial charge in [0.15, 0.2) is 11.3 Å². The second-order valence-corrected chi connectivity index (χ2v) is 10.5. The molecule has 3 aromatic carbocycles. The van der Waals surface area contributed by atoms with Gasteiger partial charge in [0.1, 0.15) is 17.9 Å². The van der Waals surface area contributed by atoms with Gasteiger partial charge in [-0.1, -0.05) is 24.3 Å². The number of nitriles is 2. The molecule has 0 aliphatic rings. The smallest absolute Gasteiger partial charge is 0.265 e. The van der Waals surface area contributed by atoms with Crippen molar-refractivity contribution in [1.82, 2.24) is 18.8 Å². The number of imidazole rings is 2. The third kappa shape index (κ3) is 4.11. The van der Waals surface area contributed by atoms with E-state index in [4.69, 9.17) is 0 Å². The highest BCUT2D eigenvalue weighted by Gasteiger charge is 2.17. The van der Waals surface area contributed by atoms with E-state index in [1.807, 2.05) is 12.1 Å². The van der Waals surface area contributed by atoms with Crippen LogP contribution in [0.1, 0.15) is 22.3 Å². The van der Waals surface area contributed by atoms with Gasteiger partial charge in [0.05, 0.1) is 49.3 Å². The van der Waals surface area contributed by atoms with Gasteiger partial charge < -0.3 is 15.7 Å². The summed E-state index contributed by atoms with van der Waals surface area (Å²) in [6.07, 6.45) is 2.97. The van der Waals surface area contributed by atoms with Crippen molar-refractivity contribution in [3.8, 4) is 17.9 Å². The van der Waals surface area contributed by atoms with Gasteiger partial charge in [-0.05, 0) is 67.4 Å². The summed E-state index contributed by atoms with van der Waals surface area (Å²) >= 11 is 0. The Morgan fingerprint density at radius 1 is 0.733 bits per heavy atom. The Hall–Kier alpha value is -6.72. The highest BCUT2D eigenvalue weighted by atomic mass is 16.3. The lowest BCUT2D eigenvalue weighted by Crippen LogP contribution is -2.35. The average molecular weight is 591 g/mol. The molecule has 7 rings (SSSR count). The number of nitrogens with one attached hydrogen (secondary N) is 2. The van der Waals surface area contributed by atoms with E-state index in [1.54, 1.807) is 62.4 Å². The van der Waals surface area contributed by atoms with Gasteiger partial charge in [0.25, 0.3) is 11.1 Å². The number of hydrogen-bond acceptors (Lipinski definition) is 9. The highest BCUT2D eigenvalue weighted by molar-refractivity contribution is 5.84. The normalized spacial score (nSPS) is 12.3. The highest BCUT2D eigenvalue weighted by Crippen LogP contribution is 2.27. The van der Waals surface area contributed by atoms with Crippen molar-refractivity contribution in [2.75, 3.05) is 10.6 Å². The fourth-order valence-corrected chi connectivity index (χ4v) is 5.62. The number of phenols is 1. The number of phenolic OH excluding ortho intramolecular Hbond substituents is 1. The first kappa shape index (κ1) is 27.1. The zero-order chi connectivity index (χ0) is 31.4. The van der Waals surface area contributed by atoms with Gasteiger partial charge in [-0.25, -0.2) is 9.97 Å². The minimum atomic E-state index is -0.362. The maximum Gasteiger partial charge on any atom is 0.265 e. The lowest BCUT2D eigenvalue weighted by atomic mass is 10.1. The van der Waals surface area contributed by atoms with Crippen molar-refractivity contribution in [3.63, 3.8) is 0 Å². The van der Waals surface area contributed by atoms with Crippen molar-refractivity contribution < 1.29 is 5.11 Å². The van der Waals surface area contributed by atoms with Crippen LogP contribution in [0.5, 0.6) is 5.75 Å². The van der Waals surface area contributed by atoms with Crippen LogP contribution >= 0.6 is 0 Å². The molecule has 0 unspecified atom stereocenters. The molecule has 4 heterocycles. The van der Waals surface area contributed by atoms with E-state index in [9.17, 15) is 25.2 Å². The van der Waals surface area contributed by atoms with Gasteiger partial charge in [-0.2, -0.15) is 10.5 Å². The number of anilines is 2. The van der Waals surface area contributed by atoms with Crippen LogP contribution in [0.15, 0.2) is 76.3 Å². The molecule has 7 aromatic rings. The summed E-state index contributed by atoms with van der Waals surface area (Å²) in [6, 6.07) is 23.4. The van der Waals surface area contributed by atoms with Crippen LogP contribution in [-0.4, -0.2) is 23.9 Å². The predicted molar refractivity (Wildman–Crippen MR) is 172 cm³/mol. The minimum Gasteiger partial charge on any atom is -0.506 e. The molecular weight excluding hydrogens is 568 g/mol. The van der Waals surface area contributed by atoms with E-state index >= 15 is 0 Å². The Labute approximate surface area is 253 Å². The second-order valence-electron chi connectivity index (χ2n) is 10.5. The van der Waals surface area contributed by atoms with Crippen LogP contribution in [0, 0.1) is 36.5 Å². The lowest BCUT2D eigenvalue weighted by Gasteiger charge is -2.09. The monoisotopic (exact) mass is 590 g/mol.